The summed E-state index contributed by atoms with van der Waals surface area (Å²) in [7, 11) is 0. The smallest absolute Gasteiger partial charge is 0.302 e. The van der Waals surface area contributed by atoms with Gasteiger partial charge in [0.15, 0.2) is 5.69 Å². The van der Waals surface area contributed by atoms with E-state index in [0.29, 0.717) is 11.4 Å². The second kappa shape index (κ2) is 6.56. The van der Waals surface area contributed by atoms with Crippen molar-refractivity contribution < 1.29 is 9.90 Å². The molecule has 25 heavy (non-hydrogen) atoms. The van der Waals surface area contributed by atoms with Gasteiger partial charge in [-0.3, -0.25) is 14.7 Å². The normalized spacial score (nSPS) is 11.1. The van der Waals surface area contributed by atoms with E-state index in [1.165, 1.54) is 12.1 Å². The summed E-state index contributed by atoms with van der Waals surface area (Å²) in [6.45, 7) is 3.58. The van der Waals surface area contributed by atoms with E-state index >= 15 is 0 Å². The fourth-order valence-corrected chi connectivity index (χ4v) is 2.29. The van der Waals surface area contributed by atoms with E-state index in [9.17, 15) is 14.7 Å². The van der Waals surface area contributed by atoms with Crippen LogP contribution < -0.4 is 5.56 Å². The number of hydrogen-bond donors (Lipinski definition) is 2. The van der Waals surface area contributed by atoms with Crippen molar-refractivity contribution in [2.45, 2.75) is 13.8 Å². The minimum atomic E-state index is -0.664. The van der Waals surface area contributed by atoms with Crippen molar-refractivity contribution in [3.05, 3.63) is 75.7 Å². The van der Waals surface area contributed by atoms with E-state index in [-0.39, 0.29) is 17.0 Å². The fraction of sp³-hybridized carbons (Fsp3) is 0.111. The molecule has 0 fully saturated rings. The molecule has 0 aliphatic rings. The van der Waals surface area contributed by atoms with Crippen molar-refractivity contribution in [1.29, 1.82) is 0 Å². The zero-order valence-electron chi connectivity index (χ0n) is 13.7. The maximum atomic E-state index is 12.5. The average molecular weight is 336 g/mol. The van der Waals surface area contributed by atoms with Crippen LogP contribution in [0.2, 0.25) is 0 Å². The number of carbonyl (C=O) groups excluding carboxylic acids is 1. The Morgan fingerprint density at radius 1 is 1.04 bits per heavy atom. The lowest BCUT2D eigenvalue weighted by Gasteiger charge is -2.02. The number of aryl methyl sites for hydroxylation is 2. The molecule has 126 valence electrons. The molecule has 0 saturated heterocycles. The number of rotatable bonds is 3. The predicted molar refractivity (Wildman–Crippen MR) is 93.0 cm³/mol. The molecule has 0 radical (unpaired) electrons. The van der Waals surface area contributed by atoms with E-state index in [4.69, 9.17) is 0 Å². The molecular weight excluding hydrogens is 320 g/mol. The third kappa shape index (κ3) is 3.25. The first-order valence-corrected chi connectivity index (χ1v) is 7.60. The van der Waals surface area contributed by atoms with Crippen molar-refractivity contribution in [3.63, 3.8) is 0 Å². The molecule has 2 N–H and O–H groups in total. The van der Waals surface area contributed by atoms with Gasteiger partial charge in [-0.15, -0.1) is 5.11 Å². The zero-order valence-corrected chi connectivity index (χ0v) is 13.7. The highest BCUT2D eigenvalue weighted by Crippen LogP contribution is 2.20. The van der Waals surface area contributed by atoms with E-state index in [1.54, 1.807) is 31.2 Å². The Labute approximate surface area is 143 Å². The summed E-state index contributed by atoms with van der Waals surface area (Å²) in [4.78, 5) is 24.9. The number of benzene rings is 2. The number of phenolic OH excluding ortho intramolecular Hbond substituents is 1. The molecule has 0 saturated carbocycles. The number of aromatic nitrogens is 2. The quantitative estimate of drug-likeness (QED) is 0.715. The van der Waals surface area contributed by atoms with Gasteiger partial charge in [-0.05, 0) is 38.1 Å². The molecule has 0 aliphatic heterocycles. The van der Waals surface area contributed by atoms with Gasteiger partial charge in [0.05, 0.1) is 16.9 Å². The number of azo groups is 1. The van der Waals surface area contributed by atoms with Crippen molar-refractivity contribution in [2.24, 2.45) is 10.2 Å². The van der Waals surface area contributed by atoms with Crippen LogP contribution in [-0.4, -0.2) is 20.8 Å². The van der Waals surface area contributed by atoms with Gasteiger partial charge in [0.25, 0.3) is 5.91 Å². The fourth-order valence-electron chi connectivity index (χ4n) is 2.29. The summed E-state index contributed by atoms with van der Waals surface area (Å²) in [5.41, 5.74) is 1.54. The Bertz CT molecular complexity index is 1010. The number of nitrogens with one attached hydrogen (secondary N) is 1. The molecule has 7 nitrogen and oxygen atoms in total. The summed E-state index contributed by atoms with van der Waals surface area (Å²) in [6, 6.07) is 13.4. The number of hydrogen-bond acceptors (Lipinski definition) is 5. The van der Waals surface area contributed by atoms with Crippen molar-refractivity contribution in [3.8, 4) is 5.75 Å². The van der Waals surface area contributed by atoms with Crippen LogP contribution in [0.4, 0.5) is 11.4 Å². The molecule has 1 heterocycles. The molecule has 0 unspecified atom stereocenters. The van der Waals surface area contributed by atoms with Gasteiger partial charge >= 0.3 is 5.56 Å². The lowest BCUT2D eigenvalue weighted by Crippen LogP contribution is -2.25. The van der Waals surface area contributed by atoms with Gasteiger partial charge in [0.1, 0.15) is 5.75 Å². The van der Waals surface area contributed by atoms with Crippen LogP contribution in [0.3, 0.4) is 0 Å². The number of H-pyrrole nitrogens is 1. The Kier molecular flexibility index (Phi) is 4.30. The van der Waals surface area contributed by atoms with Gasteiger partial charge < -0.3 is 5.11 Å². The highest BCUT2D eigenvalue weighted by Gasteiger charge is 2.19. The molecule has 3 rings (SSSR count). The van der Waals surface area contributed by atoms with Crippen LogP contribution in [0.5, 0.6) is 5.75 Å². The molecule has 3 aromatic rings. The van der Waals surface area contributed by atoms with E-state index in [1.807, 2.05) is 19.1 Å². The van der Waals surface area contributed by atoms with Crippen molar-refractivity contribution in [2.75, 3.05) is 0 Å². The maximum absolute atomic E-state index is 12.5. The minimum Gasteiger partial charge on any atom is -0.507 e. The number of nitrogens with zero attached hydrogens (tertiary/aromatic N) is 3. The summed E-state index contributed by atoms with van der Waals surface area (Å²) in [5.74, 6) is -0.863. The predicted octanol–water partition coefficient (Wildman–Crippen LogP) is 3.60. The van der Waals surface area contributed by atoms with E-state index < -0.39 is 11.5 Å². The second-order valence-electron chi connectivity index (χ2n) is 5.58. The molecule has 0 bridgehead atoms. The number of aromatic amines is 1. The Balaban J connectivity index is 1.96. The monoisotopic (exact) mass is 336 g/mol. The molecule has 1 aromatic heterocycles. The number of carbonyl (C=O) groups is 1. The first-order chi connectivity index (χ1) is 12.0. The number of phenols is 1. The first-order valence-electron chi connectivity index (χ1n) is 7.60. The molecule has 2 aromatic carbocycles. The van der Waals surface area contributed by atoms with Crippen LogP contribution in [0, 0.1) is 13.8 Å². The molecule has 0 amide bonds. The summed E-state index contributed by atoms with van der Waals surface area (Å²) in [6.07, 6.45) is 0. The Morgan fingerprint density at radius 3 is 2.40 bits per heavy atom. The van der Waals surface area contributed by atoms with Gasteiger partial charge in [-0.25, -0.2) is 0 Å². The lowest BCUT2D eigenvalue weighted by molar-refractivity contribution is 0.0938. The molecule has 0 aliphatic carbocycles. The summed E-state index contributed by atoms with van der Waals surface area (Å²) < 4.78 is 0.813. The standard InChI is InChI=1S/C18H16N4O3/c1-11-7-9-13(10-8-11)19-20-16-12(2)21-22(18(16)25)17(24)14-5-3-4-6-15(14)23/h3-10,21,23H,1-2H3. The topological polar surface area (TPSA) is 99.8 Å². The van der Waals surface area contributed by atoms with Crippen molar-refractivity contribution in [1.82, 2.24) is 9.78 Å². The lowest BCUT2D eigenvalue weighted by atomic mass is 10.2. The van der Waals surface area contributed by atoms with Crippen LogP contribution in [-0.2, 0) is 0 Å². The van der Waals surface area contributed by atoms with Gasteiger partial charge in [-0.2, -0.15) is 9.80 Å². The number of para-hydroxylation sites is 1. The van der Waals surface area contributed by atoms with Crippen LogP contribution in [0.25, 0.3) is 0 Å². The van der Waals surface area contributed by atoms with Crippen molar-refractivity contribution >= 4 is 17.3 Å². The van der Waals surface area contributed by atoms with E-state index in [0.717, 1.165) is 10.2 Å². The highest BCUT2D eigenvalue weighted by atomic mass is 16.3. The van der Waals surface area contributed by atoms with Crippen LogP contribution in [0.15, 0.2) is 63.6 Å². The minimum absolute atomic E-state index is 0.0212. The SMILES string of the molecule is Cc1ccc(N=Nc2c(C)[nH]n(C(=O)c3ccccc3O)c2=O)cc1. The molecule has 7 heteroatoms. The zero-order chi connectivity index (χ0) is 18.0. The third-order valence-electron chi connectivity index (χ3n) is 3.68. The molecular formula is C18H16N4O3. The van der Waals surface area contributed by atoms with Crippen LogP contribution in [0.1, 0.15) is 21.6 Å². The molecule has 0 spiro atoms. The average Bonchev–Trinajstić information content (AvgIpc) is 2.89. The first kappa shape index (κ1) is 16.4. The molecule has 0 atom stereocenters. The van der Waals surface area contributed by atoms with Gasteiger partial charge in [0, 0.05) is 0 Å². The number of aromatic hydroxyl groups is 1. The van der Waals surface area contributed by atoms with E-state index in [2.05, 4.69) is 15.3 Å². The van der Waals surface area contributed by atoms with Gasteiger partial charge in [0.2, 0.25) is 0 Å². The largest absolute Gasteiger partial charge is 0.507 e. The Hall–Kier alpha value is -3.48. The Morgan fingerprint density at radius 2 is 1.72 bits per heavy atom. The van der Waals surface area contributed by atoms with Gasteiger partial charge in [-0.1, -0.05) is 29.8 Å². The third-order valence-corrected chi connectivity index (χ3v) is 3.68. The highest BCUT2D eigenvalue weighted by molar-refractivity contribution is 5.98. The maximum Gasteiger partial charge on any atom is 0.302 e. The van der Waals surface area contributed by atoms with Crippen LogP contribution >= 0.6 is 0 Å². The summed E-state index contributed by atoms with van der Waals surface area (Å²) >= 11 is 0. The summed E-state index contributed by atoms with van der Waals surface area (Å²) in [5, 5.41) is 20.5. The second-order valence-corrected chi connectivity index (χ2v) is 5.58.